The van der Waals surface area contributed by atoms with Crippen molar-refractivity contribution >= 4 is 17.5 Å². The summed E-state index contributed by atoms with van der Waals surface area (Å²) in [6.45, 7) is 10.00. The van der Waals surface area contributed by atoms with Crippen LogP contribution in [0.1, 0.15) is 47.1 Å². The van der Waals surface area contributed by atoms with Crippen molar-refractivity contribution in [1.29, 1.82) is 0 Å². The third kappa shape index (κ3) is 6.14. The van der Waals surface area contributed by atoms with Crippen LogP contribution in [0.5, 0.6) is 0 Å². The number of amides is 2. The van der Waals surface area contributed by atoms with E-state index in [1.54, 1.807) is 24.3 Å². The first-order chi connectivity index (χ1) is 13.8. The number of nitrogens with one attached hydrogen (secondary N) is 2. The molecule has 154 valence electrons. The molecule has 0 saturated carbocycles. The monoisotopic (exact) mass is 395 g/mol. The summed E-state index contributed by atoms with van der Waals surface area (Å²) in [4.78, 5) is 27.6. The van der Waals surface area contributed by atoms with E-state index in [-0.39, 0.29) is 17.4 Å². The van der Waals surface area contributed by atoms with E-state index in [0.717, 1.165) is 38.4 Å². The second-order valence-corrected chi connectivity index (χ2v) is 8.29. The molecule has 3 rings (SSSR count). The molecule has 1 aliphatic rings. The fourth-order valence-electron chi connectivity index (χ4n) is 3.17. The fourth-order valence-corrected chi connectivity index (χ4v) is 3.17. The SMILES string of the molecule is CC(C)(C)NC(=O)c1ccccc1NC(=O)c1ccc(CN2CCOCC2)cc1. The van der Waals surface area contributed by atoms with Crippen molar-refractivity contribution in [2.24, 2.45) is 0 Å². The van der Waals surface area contributed by atoms with Gasteiger partial charge in [-0.3, -0.25) is 14.5 Å². The average molecular weight is 396 g/mol. The van der Waals surface area contributed by atoms with Gasteiger partial charge in [-0.15, -0.1) is 0 Å². The van der Waals surface area contributed by atoms with Crippen molar-refractivity contribution < 1.29 is 14.3 Å². The molecule has 2 aromatic rings. The van der Waals surface area contributed by atoms with Gasteiger partial charge in [-0.25, -0.2) is 0 Å². The molecule has 1 saturated heterocycles. The summed E-state index contributed by atoms with van der Waals surface area (Å²) in [6.07, 6.45) is 0. The number of anilines is 1. The van der Waals surface area contributed by atoms with Crippen LogP contribution in [-0.4, -0.2) is 48.6 Å². The number of carbonyl (C=O) groups is 2. The van der Waals surface area contributed by atoms with Gasteiger partial charge >= 0.3 is 0 Å². The Balaban J connectivity index is 1.66. The van der Waals surface area contributed by atoms with Gasteiger partial charge in [-0.1, -0.05) is 24.3 Å². The highest BCUT2D eigenvalue weighted by Gasteiger charge is 2.19. The normalized spacial score (nSPS) is 15.0. The summed E-state index contributed by atoms with van der Waals surface area (Å²) < 4.78 is 5.37. The van der Waals surface area contributed by atoms with Crippen molar-refractivity contribution in [2.45, 2.75) is 32.9 Å². The van der Waals surface area contributed by atoms with Gasteiger partial charge in [0.2, 0.25) is 0 Å². The van der Waals surface area contributed by atoms with Crippen LogP contribution in [0.3, 0.4) is 0 Å². The van der Waals surface area contributed by atoms with Crippen LogP contribution in [0.2, 0.25) is 0 Å². The zero-order valence-electron chi connectivity index (χ0n) is 17.3. The molecule has 2 N–H and O–H groups in total. The second-order valence-electron chi connectivity index (χ2n) is 8.29. The lowest BCUT2D eigenvalue weighted by atomic mass is 10.1. The Morgan fingerprint density at radius 3 is 2.28 bits per heavy atom. The van der Waals surface area contributed by atoms with Gasteiger partial charge in [0.05, 0.1) is 24.5 Å². The summed E-state index contributed by atoms with van der Waals surface area (Å²) in [5.74, 6) is -0.451. The van der Waals surface area contributed by atoms with Crippen LogP contribution in [-0.2, 0) is 11.3 Å². The highest BCUT2D eigenvalue weighted by atomic mass is 16.5. The van der Waals surface area contributed by atoms with Crippen molar-refractivity contribution in [1.82, 2.24) is 10.2 Å². The molecule has 2 amide bonds. The maximum absolute atomic E-state index is 12.7. The van der Waals surface area contributed by atoms with Crippen molar-refractivity contribution in [2.75, 3.05) is 31.6 Å². The topological polar surface area (TPSA) is 70.7 Å². The van der Waals surface area contributed by atoms with Gasteiger partial charge < -0.3 is 15.4 Å². The lowest BCUT2D eigenvalue weighted by molar-refractivity contribution is 0.0342. The molecule has 0 atom stereocenters. The second kappa shape index (κ2) is 9.20. The molecular weight excluding hydrogens is 366 g/mol. The highest BCUT2D eigenvalue weighted by molar-refractivity contribution is 6.09. The van der Waals surface area contributed by atoms with Gasteiger partial charge in [0.25, 0.3) is 11.8 Å². The van der Waals surface area contributed by atoms with E-state index < -0.39 is 0 Å². The number of para-hydroxylation sites is 1. The number of benzene rings is 2. The molecule has 0 bridgehead atoms. The average Bonchev–Trinajstić information content (AvgIpc) is 2.68. The third-order valence-electron chi connectivity index (χ3n) is 4.63. The van der Waals surface area contributed by atoms with Crippen molar-refractivity contribution in [3.05, 3.63) is 65.2 Å². The van der Waals surface area contributed by atoms with E-state index in [1.165, 1.54) is 0 Å². The van der Waals surface area contributed by atoms with E-state index >= 15 is 0 Å². The summed E-state index contributed by atoms with van der Waals surface area (Å²) in [7, 11) is 0. The minimum Gasteiger partial charge on any atom is -0.379 e. The first-order valence-electron chi connectivity index (χ1n) is 9.94. The van der Waals surface area contributed by atoms with Crippen LogP contribution >= 0.6 is 0 Å². The molecule has 0 aromatic heterocycles. The molecule has 6 nitrogen and oxygen atoms in total. The highest BCUT2D eigenvalue weighted by Crippen LogP contribution is 2.18. The Morgan fingerprint density at radius 2 is 1.62 bits per heavy atom. The van der Waals surface area contributed by atoms with Crippen LogP contribution < -0.4 is 10.6 Å². The van der Waals surface area contributed by atoms with Crippen molar-refractivity contribution in [3.8, 4) is 0 Å². The zero-order valence-corrected chi connectivity index (χ0v) is 17.3. The third-order valence-corrected chi connectivity index (χ3v) is 4.63. The summed E-state index contributed by atoms with van der Waals surface area (Å²) in [6, 6.07) is 14.6. The number of ether oxygens (including phenoxy) is 1. The number of hydrogen-bond acceptors (Lipinski definition) is 4. The predicted octanol–water partition coefficient (Wildman–Crippen LogP) is 3.30. The van der Waals surface area contributed by atoms with Crippen molar-refractivity contribution in [3.63, 3.8) is 0 Å². The van der Waals surface area contributed by atoms with Crippen LogP contribution in [0.15, 0.2) is 48.5 Å². The Bertz CT molecular complexity index is 850. The molecule has 1 heterocycles. The molecule has 1 fully saturated rings. The number of hydrogen-bond donors (Lipinski definition) is 2. The number of nitrogens with zero attached hydrogens (tertiary/aromatic N) is 1. The molecular formula is C23H29N3O3. The summed E-state index contributed by atoms with van der Waals surface area (Å²) >= 11 is 0. The quantitative estimate of drug-likeness (QED) is 0.815. The molecule has 1 aliphatic heterocycles. The van der Waals surface area contributed by atoms with Crippen LogP contribution in [0.4, 0.5) is 5.69 Å². The Kier molecular flexibility index (Phi) is 6.67. The Labute approximate surface area is 172 Å². The largest absolute Gasteiger partial charge is 0.379 e. The number of rotatable bonds is 5. The zero-order chi connectivity index (χ0) is 20.9. The molecule has 0 unspecified atom stereocenters. The van der Waals surface area contributed by atoms with E-state index in [9.17, 15) is 9.59 Å². The van der Waals surface area contributed by atoms with Crippen LogP contribution in [0, 0.1) is 0 Å². The molecule has 2 aromatic carbocycles. The maximum Gasteiger partial charge on any atom is 0.255 e. The standard InChI is InChI=1S/C23H29N3O3/c1-23(2,3)25-22(28)19-6-4-5-7-20(19)24-21(27)18-10-8-17(9-11-18)16-26-12-14-29-15-13-26/h4-11H,12-16H2,1-3H3,(H,24,27)(H,25,28). The molecule has 0 spiro atoms. The first-order valence-corrected chi connectivity index (χ1v) is 9.94. The van der Waals surface area contributed by atoms with Gasteiger partial charge in [-0.05, 0) is 50.6 Å². The molecule has 0 aliphatic carbocycles. The van der Waals surface area contributed by atoms with Gasteiger partial charge in [0, 0.05) is 30.7 Å². The Morgan fingerprint density at radius 1 is 0.966 bits per heavy atom. The maximum atomic E-state index is 12.7. The fraction of sp³-hybridized carbons (Fsp3) is 0.391. The number of carbonyl (C=O) groups excluding carboxylic acids is 2. The van der Waals surface area contributed by atoms with E-state index in [4.69, 9.17) is 4.74 Å². The van der Waals surface area contributed by atoms with E-state index in [0.29, 0.717) is 16.8 Å². The smallest absolute Gasteiger partial charge is 0.255 e. The molecule has 6 heteroatoms. The number of morpholine rings is 1. The van der Waals surface area contributed by atoms with Gasteiger partial charge in [0.15, 0.2) is 0 Å². The predicted molar refractivity (Wildman–Crippen MR) is 114 cm³/mol. The van der Waals surface area contributed by atoms with Gasteiger partial charge in [-0.2, -0.15) is 0 Å². The van der Waals surface area contributed by atoms with Gasteiger partial charge in [0.1, 0.15) is 0 Å². The lowest BCUT2D eigenvalue weighted by Gasteiger charge is -2.26. The molecule has 0 radical (unpaired) electrons. The van der Waals surface area contributed by atoms with E-state index in [1.807, 2.05) is 45.0 Å². The lowest BCUT2D eigenvalue weighted by Crippen LogP contribution is -2.40. The van der Waals surface area contributed by atoms with Crippen LogP contribution in [0.25, 0.3) is 0 Å². The summed E-state index contributed by atoms with van der Waals surface area (Å²) in [5.41, 5.74) is 2.30. The Hall–Kier alpha value is -2.70. The van der Waals surface area contributed by atoms with E-state index in [2.05, 4.69) is 15.5 Å². The minimum absolute atomic E-state index is 0.214. The molecule has 29 heavy (non-hydrogen) atoms. The first kappa shape index (κ1) is 21.0. The minimum atomic E-state index is -0.357. The summed E-state index contributed by atoms with van der Waals surface area (Å²) in [5, 5.41) is 5.80.